The van der Waals surface area contributed by atoms with Crippen molar-refractivity contribution in [3.05, 3.63) is 0 Å². The van der Waals surface area contributed by atoms with Gasteiger partial charge in [-0.25, -0.2) is 0 Å². The Morgan fingerprint density at radius 2 is 2.12 bits per heavy atom. The second-order valence-corrected chi connectivity index (χ2v) is 1.62. The monoisotopic (exact) mass is 139 g/mol. The molecule has 0 aliphatic heterocycles. The van der Waals surface area contributed by atoms with E-state index in [-0.39, 0.29) is 18.4 Å². The highest BCUT2D eigenvalue weighted by Gasteiger charge is 1.93. The third-order valence-electron chi connectivity index (χ3n) is 0.905. The lowest BCUT2D eigenvalue weighted by molar-refractivity contribution is 0.179. The molecule has 0 aromatic carbocycles. The molecule has 2 nitrogen and oxygen atoms in total. The fourth-order valence-corrected chi connectivity index (χ4v) is 0.332. The van der Waals surface area contributed by atoms with Crippen molar-refractivity contribution in [3.63, 3.8) is 0 Å². The van der Waals surface area contributed by atoms with Crippen molar-refractivity contribution in [2.75, 3.05) is 13.7 Å². The summed E-state index contributed by atoms with van der Waals surface area (Å²) < 4.78 is 4.77. The molecule has 0 saturated carbocycles. The molecule has 52 valence electrons. The largest absolute Gasteiger partial charge is 0.383 e. The second kappa shape index (κ2) is 7.21. The fourth-order valence-electron chi connectivity index (χ4n) is 0.332. The summed E-state index contributed by atoms with van der Waals surface area (Å²) in [7, 11) is 1.66. The maximum Gasteiger partial charge on any atom is 0.0613 e. The van der Waals surface area contributed by atoms with Gasteiger partial charge in [0.2, 0.25) is 0 Å². The lowest BCUT2D eigenvalue weighted by Crippen LogP contribution is -2.23. The number of ether oxygens (including phenoxy) is 1. The van der Waals surface area contributed by atoms with Gasteiger partial charge in [-0.3, -0.25) is 0 Å². The minimum atomic E-state index is 0. The van der Waals surface area contributed by atoms with Gasteiger partial charge in [-0.05, 0) is 6.42 Å². The maximum absolute atomic E-state index is 5.46. The molecule has 0 spiro atoms. The van der Waals surface area contributed by atoms with Crippen LogP contribution in [-0.2, 0) is 4.74 Å². The van der Waals surface area contributed by atoms with Crippen LogP contribution in [0.1, 0.15) is 13.3 Å². The standard InChI is InChI=1S/C5H13NO.ClH/c1-3-5(6)4-7-2;/h5H,3-4,6H2,1-2H3;1H/t5-;/m0./s1. The molecule has 0 saturated heterocycles. The van der Waals surface area contributed by atoms with Crippen molar-refractivity contribution in [2.24, 2.45) is 5.73 Å². The molecule has 2 N–H and O–H groups in total. The smallest absolute Gasteiger partial charge is 0.0613 e. The van der Waals surface area contributed by atoms with E-state index in [1.165, 1.54) is 0 Å². The molecule has 0 radical (unpaired) electrons. The van der Waals surface area contributed by atoms with E-state index in [2.05, 4.69) is 0 Å². The number of hydrogen-bond acceptors (Lipinski definition) is 2. The summed E-state index contributed by atoms with van der Waals surface area (Å²) in [4.78, 5) is 0. The van der Waals surface area contributed by atoms with Crippen molar-refractivity contribution in [1.29, 1.82) is 0 Å². The molecular formula is C5H14ClNO. The van der Waals surface area contributed by atoms with Crippen LogP contribution in [0.15, 0.2) is 0 Å². The van der Waals surface area contributed by atoms with E-state index in [9.17, 15) is 0 Å². The number of hydrogen-bond donors (Lipinski definition) is 1. The Bertz CT molecular complexity index is 43.4. The summed E-state index contributed by atoms with van der Waals surface area (Å²) in [5.41, 5.74) is 5.46. The van der Waals surface area contributed by atoms with Gasteiger partial charge in [0, 0.05) is 13.2 Å². The molecule has 0 aliphatic rings. The van der Waals surface area contributed by atoms with Gasteiger partial charge in [-0.1, -0.05) is 6.92 Å². The average molecular weight is 140 g/mol. The van der Waals surface area contributed by atoms with E-state index in [0.29, 0.717) is 6.61 Å². The van der Waals surface area contributed by atoms with Gasteiger partial charge < -0.3 is 10.5 Å². The first-order chi connectivity index (χ1) is 3.31. The molecule has 0 unspecified atom stereocenters. The van der Waals surface area contributed by atoms with Gasteiger partial charge in [0.1, 0.15) is 0 Å². The van der Waals surface area contributed by atoms with E-state index in [0.717, 1.165) is 6.42 Å². The highest BCUT2D eigenvalue weighted by Crippen LogP contribution is 1.83. The summed E-state index contributed by atoms with van der Waals surface area (Å²) in [6.07, 6.45) is 0.994. The second-order valence-electron chi connectivity index (χ2n) is 1.62. The zero-order valence-electron chi connectivity index (χ0n) is 5.39. The summed E-state index contributed by atoms with van der Waals surface area (Å²) in [6, 6.07) is 0.227. The third-order valence-corrected chi connectivity index (χ3v) is 0.905. The number of nitrogens with two attached hydrogens (primary N) is 1. The summed E-state index contributed by atoms with van der Waals surface area (Å²) in [6.45, 7) is 2.72. The minimum absolute atomic E-state index is 0. The number of halogens is 1. The zero-order valence-corrected chi connectivity index (χ0v) is 6.20. The molecule has 0 bridgehead atoms. The molecule has 0 heterocycles. The van der Waals surface area contributed by atoms with E-state index in [1.807, 2.05) is 6.92 Å². The molecule has 1 atom stereocenters. The fraction of sp³-hybridized carbons (Fsp3) is 1.00. The maximum atomic E-state index is 5.46. The predicted octanol–water partition coefficient (Wildman–Crippen LogP) is 0.792. The van der Waals surface area contributed by atoms with Crippen LogP contribution in [0.2, 0.25) is 0 Å². The molecule has 0 amide bonds. The molecular weight excluding hydrogens is 126 g/mol. The van der Waals surface area contributed by atoms with Gasteiger partial charge in [0.25, 0.3) is 0 Å². The van der Waals surface area contributed by atoms with Crippen molar-refractivity contribution >= 4 is 12.4 Å². The van der Waals surface area contributed by atoms with E-state index < -0.39 is 0 Å². The van der Waals surface area contributed by atoms with Gasteiger partial charge in [0.05, 0.1) is 6.61 Å². The Kier molecular flexibility index (Phi) is 9.97. The Morgan fingerprint density at radius 3 is 2.25 bits per heavy atom. The van der Waals surface area contributed by atoms with Crippen molar-refractivity contribution < 1.29 is 4.74 Å². The Balaban J connectivity index is 0. The van der Waals surface area contributed by atoms with Crippen molar-refractivity contribution in [1.82, 2.24) is 0 Å². The molecule has 8 heavy (non-hydrogen) atoms. The van der Waals surface area contributed by atoms with Crippen LogP contribution in [0.25, 0.3) is 0 Å². The summed E-state index contributed by atoms with van der Waals surface area (Å²) >= 11 is 0. The van der Waals surface area contributed by atoms with Crippen LogP contribution in [-0.4, -0.2) is 19.8 Å². The van der Waals surface area contributed by atoms with E-state index in [4.69, 9.17) is 10.5 Å². The topological polar surface area (TPSA) is 35.2 Å². The lowest BCUT2D eigenvalue weighted by Gasteiger charge is -2.03. The normalized spacial score (nSPS) is 12.4. The molecule has 0 aromatic heterocycles. The van der Waals surface area contributed by atoms with Crippen LogP contribution in [0.5, 0.6) is 0 Å². The Morgan fingerprint density at radius 1 is 1.62 bits per heavy atom. The Labute approximate surface area is 56.8 Å². The summed E-state index contributed by atoms with van der Waals surface area (Å²) in [5, 5.41) is 0. The van der Waals surface area contributed by atoms with Crippen molar-refractivity contribution in [2.45, 2.75) is 19.4 Å². The predicted molar refractivity (Wildman–Crippen MR) is 37.4 cm³/mol. The molecule has 3 heteroatoms. The van der Waals surface area contributed by atoms with Gasteiger partial charge in [-0.15, -0.1) is 12.4 Å². The SMILES string of the molecule is CC[C@H](N)COC.Cl. The summed E-state index contributed by atoms with van der Waals surface area (Å²) in [5.74, 6) is 0. The first-order valence-electron chi connectivity index (χ1n) is 2.55. The van der Waals surface area contributed by atoms with Gasteiger partial charge in [0.15, 0.2) is 0 Å². The molecule has 0 fully saturated rings. The van der Waals surface area contributed by atoms with E-state index >= 15 is 0 Å². The average Bonchev–Trinajstić information content (AvgIpc) is 1.68. The lowest BCUT2D eigenvalue weighted by atomic mass is 10.3. The van der Waals surface area contributed by atoms with Crippen LogP contribution in [0.3, 0.4) is 0 Å². The van der Waals surface area contributed by atoms with Gasteiger partial charge in [-0.2, -0.15) is 0 Å². The quantitative estimate of drug-likeness (QED) is 0.628. The van der Waals surface area contributed by atoms with Crippen LogP contribution in [0.4, 0.5) is 0 Å². The minimum Gasteiger partial charge on any atom is -0.383 e. The zero-order chi connectivity index (χ0) is 5.70. The van der Waals surface area contributed by atoms with Crippen molar-refractivity contribution in [3.8, 4) is 0 Å². The van der Waals surface area contributed by atoms with Crippen LogP contribution >= 0.6 is 12.4 Å². The van der Waals surface area contributed by atoms with Crippen LogP contribution < -0.4 is 5.73 Å². The highest BCUT2D eigenvalue weighted by molar-refractivity contribution is 5.85. The first-order valence-corrected chi connectivity index (χ1v) is 2.55. The third kappa shape index (κ3) is 6.21. The molecule has 0 aromatic rings. The molecule has 0 aliphatic carbocycles. The first kappa shape index (κ1) is 11.1. The highest BCUT2D eigenvalue weighted by atomic mass is 35.5. The number of methoxy groups -OCH3 is 1. The van der Waals surface area contributed by atoms with Gasteiger partial charge >= 0.3 is 0 Å². The number of rotatable bonds is 3. The van der Waals surface area contributed by atoms with E-state index in [1.54, 1.807) is 7.11 Å². The Hall–Kier alpha value is 0.210. The van der Waals surface area contributed by atoms with Crippen LogP contribution in [0, 0.1) is 0 Å². The molecule has 0 rings (SSSR count).